The Hall–Kier alpha value is -0.120. The van der Waals surface area contributed by atoms with Gasteiger partial charge in [0, 0.05) is 7.05 Å². The summed E-state index contributed by atoms with van der Waals surface area (Å²) in [6, 6.07) is 0. The van der Waals surface area contributed by atoms with Crippen LogP contribution in [0.15, 0.2) is 0 Å². The molecular weight excluding hydrogens is 202 g/mol. The Morgan fingerprint density at radius 2 is 1.38 bits per heavy atom. The zero-order valence-corrected chi connectivity index (χ0v) is 12.4. The zero-order chi connectivity index (χ0) is 13.1. The molecule has 3 heteroatoms. The highest BCUT2D eigenvalue weighted by atomic mass is 16.7. The Bertz CT molecular complexity index is 206. The molecule has 0 aromatic heterocycles. The molecule has 0 amide bonds. The van der Waals surface area contributed by atoms with E-state index in [1.54, 1.807) is 5.06 Å². The second-order valence-corrected chi connectivity index (χ2v) is 6.18. The highest BCUT2D eigenvalue weighted by Crippen LogP contribution is 2.34. The maximum absolute atomic E-state index is 6.07. The molecule has 1 unspecified atom stereocenters. The van der Waals surface area contributed by atoms with Crippen molar-refractivity contribution in [2.75, 3.05) is 7.05 Å². The molecule has 0 N–H and O–H groups in total. The van der Waals surface area contributed by atoms with Gasteiger partial charge in [0.15, 0.2) is 0 Å². The summed E-state index contributed by atoms with van der Waals surface area (Å²) in [4.78, 5) is 5.58. The van der Waals surface area contributed by atoms with E-state index in [2.05, 4.69) is 34.6 Å². The van der Waals surface area contributed by atoms with Gasteiger partial charge in [-0.05, 0) is 40.0 Å². The van der Waals surface area contributed by atoms with Crippen molar-refractivity contribution < 1.29 is 9.57 Å². The van der Waals surface area contributed by atoms with Crippen LogP contribution in [0, 0.1) is 5.41 Å². The van der Waals surface area contributed by atoms with Gasteiger partial charge in [-0.15, -0.1) is 0 Å². The molecule has 0 aliphatic rings. The molecule has 0 rings (SSSR count). The van der Waals surface area contributed by atoms with Crippen LogP contribution in [0.1, 0.15) is 55.4 Å². The molecule has 0 spiro atoms. The van der Waals surface area contributed by atoms with Gasteiger partial charge in [0.2, 0.25) is 0 Å². The maximum Gasteiger partial charge on any atom is 0.130 e. The van der Waals surface area contributed by atoms with Gasteiger partial charge in [-0.1, -0.05) is 20.8 Å². The Balaban J connectivity index is 4.38. The van der Waals surface area contributed by atoms with E-state index in [0.717, 1.165) is 0 Å². The van der Waals surface area contributed by atoms with Crippen LogP contribution in [0.2, 0.25) is 0 Å². The Morgan fingerprint density at radius 1 is 0.938 bits per heavy atom. The molecule has 0 heterocycles. The molecule has 1 atom stereocenters. The lowest BCUT2D eigenvalue weighted by molar-refractivity contribution is -0.285. The quantitative estimate of drug-likeness (QED) is 0.534. The lowest BCUT2D eigenvalue weighted by Gasteiger charge is -2.42. The number of rotatable bonds is 5. The molecule has 0 aromatic carbocycles. The first-order valence-electron chi connectivity index (χ1n) is 6.05. The van der Waals surface area contributed by atoms with E-state index in [4.69, 9.17) is 9.57 Å². The first kappa shape index (κ1) is 15.9. The molecule has 0 saturated carbocycles. The highest BCUT2D eigenvalue weighted by Gasteiger charge is 2.36. The first-order valence-corrected chi connectivity index (χ1v) is 6.05. The van der Waals surface area contributed by atoms with Crippen molar-refractivity contribution in [2.45, 2.75) is 73.3 Å². The van der Waals surface area contributed by atoms with Gasteiger partial charge in [0.1, 0.15) is 6.23 Å². The van der Waals surface area contributed by atoms with E-state index >= 15 is 0 Å². The smallest absolute Gasteiger partial charge is 0.130 e. The van der Waals surface area contributed by atoms with Crippen LogP contribution in [-0.4, -0.2) is 30.0 Å². The third-order valence-corrected chi connectivity index (χ3v) is 3.16. The Labute approximate surface area is 101 Å². The van der Waals surface area contributed by atoms with Crippen molar-refractivity contribution in [3.05, 3.63) is 0 Å². The molecule has 16 heavy (non-hydrogen) atoms. The highest BCUT2D eigenvalue weighted by molar-refractivity contribution is 4.84. The van der Waals surface area contributed by atoms with Crippen LogP contribution in [-0.2, 0) is 9.57 Å². The van der Waals surface area contributed by atoms with E-state index in [0.29, 0.717) is 0 Å². The number of hydrogen-bond acceptors (Lipinski definition) is 3. The van der Waals surface area contributed by atoms with Crippen molar-refractivity contribution in [3.63, 3.8) is 0 Å². The van der Waals surface area contributed by atoms with E-state index in [1.165, 1.54) is 0 Å². The van der Waals surface area contributed by atoms with Crippen molar-refractivity contribution in [1.29, 1.82) is 0 Å². The van der Waals surface area contributed by atoms with Crippen LogP contribution in [0.3, 0.4) is 0 Å². The fourth-order valence-corrected chi connectivity index (χ4v) is 1.10. The molecule has 0 aliphatic carbocycles. The van der Waals surface area contributed by atoms with Crippen molar-refractivity contribution in [3.8, 4) is 0 Å². The van der Waals surface area contributed by atoms with E-state index in [1.807, 2.05) is 27.8 Å². The van der Waals surface area contributed by atoms with Gasteiger partial charge in [-0.3, -0.25) is 4.84 Å². The van der Waals surface area contributed by atoms with Gasteiger partial charge >= 0.3 is 0 Å². The molecule has 0 aromatic rings. The van der Waals surface area contributed by atoms with Crippen LogP contribution in [0.4, 0.5) is 0 Å². The molecule has 0 radical (unpaired) electrons. The minimum absolute atomic E-state index is 0.0587. The lowest BCUT2D eigenvalue weighted by atomic mass is 9.79. The summed E-state index contributed by atoms with van der Waals surface area (Å²) in [5, 5.41) is 1.78. The van der Waals surface area contributed by atoms with Crippen LogP contribution in [0.25, 0.3) is 0 Å². The summed E-state index contributed by atoms with van der Waals surface area (Å²) in [5.74, 6) is 0. The molecular formula is C13H29NO2. The molecule has 0 aliphatic heterocycles. The van der Waals surface area contributed by atoms with Crippen LogP contribution in [0.5, 0.6) is 0 Å². The van der Waals surface area contributed by atoms with Crippen molar-refractivity contribution >= 4 is 0 Å². The topological polar surface area (TPSA) is 21.7 Å². The first-order chi connectivity index (χ1) is 6.97. The molecule has 0 bridgehead atoms. The summed E-state index contributed by atoms with van der Waals surface area (Å²) in [6.07, 6.45) is 0.116. The normalized spacial score (nSPS) is 15.9. The van der Waals surface area contributed by atoms with E-state index < -0.39 is 0 Å². The summed E-state index contributed by atoms with van der Waals surface area (Å²) in [6.45, 7) is 16.8. The predicted molar refractivity (Wildman–Crippen MR) is 68.1 cm³/mol. The molecule has 0 saturated heterocycles. The maximum atomic E-state index is 6.07. The van der Waals surface area contributed by atoms with Gasteiger partial charge in [0.05, 0.1) is 11.7 Å². The monoisotopic (exact) mass is 231 g/mol. The number of nitrogens with zero attached hydrogens (tertiary/aromatic N) is 1. The summed E-state index contributed by atoms with van der Waals surface area (Å²) in [7, 11) is 1.91. The van der Waals surface area contributed by atoms with Gasteiger partial charge in [-0.25, -0.2) is 0 Å². The third kappa shape index (κ3) is 4.81. The summed E-state index contributed by atoms with van der Waals surface area (Å²) in [5.41, 5.74) is -0.0963. The van der Waals surface area contributed by atoms with Crippen LogP contribution >= 0.6 is 0 Å². The van der Waals surface area contributed by atoms with Crippen molar-refractivity contribution in [2.24, 2.45) is 5.41 Å². The zero-order valence-electron chi connectivity index (χ0n) is 12.4. The van der Waals surface area contributed by atoms with Gasteiger partial charge < -0.3 is 4.74 Å². The average Bonchev–Trinajstić information content (AvgIpc) is 1.99. The number of hydrogen-bond donors (Lipinski definition) is 0. The number of hydroxylamine groups is 2. The molecule has 98 valence electrons. The Morgan fingerprint density at radius 3 is 1.69 bits per heavy atom. The third-order valence-electron chi connectivity index (χ3n) is 3.16. The second kappa shape index (κ2) is 5.48. The molecule has 0 fully saturated rings. The van der Waals surface area contributed by atoms with Crippen LogP contribution < -0.4 is 0 Å². The lowest BCUT2D eigenvalue weighted by Crippen LogP contribution is -2.46. The van der Waals surface area contributed by atoms with Gasteiger partial charge in [-0.2, -0.15) is 5.06 Å². The number of ether oxygens (including phenoxy) is 1. The largest absolute Gasteiger partial charge is 0.355 e. The predicted octanol–water partition coefficient (Wildman–Crippen LogP) is 3.45. The van der Waals surface area contributed by atoms with Crippen molar-refractivity contribution in [1.82, 2.24) is 5.06 Å². The Kier molecular flexibility index (Phi) is 5.44. The second-order valence-electron chi connectivity index (χ2n) is 6.18. The van der Waals surface area contributed by atoms with E-state index in [9.17, 15) is 0 Å². The average molecular weight is 231 g/mol. The minimum Gasteiger partial charge on any atom is -0.355 e. The SMILES string of the molecule is CC(C)ON(C)C(C)OC(C)(C)C(C)(C)C. The fraction of sp³-hybridized carbons (Fsp3) is 1.00. The van der Waals surface area contributed by atoms with E-state index in [-0.39, 0.29) is 23.3 Å². The van der Waals surface area contributed by atoms with Gasteiger partial charge in [0.25, 0.3) is 0 Å². The minimum atomic E-state index is -0.193. The fourth-order valence-electron chi connectivity index (χ4n) is 1.10. The molecule has 3 nitrogen and oxygen atoms in total. The standard InChI is InChI=1S/C13H29NO2/c1-10(2)16-14(9)11(3)15-13(7,8)12(4,5)6/h10-11H,1-9H3. The summed E-state index contributed by atoms with van der Waals surface area (Å²) < 4.78 is 6.07. The summed E-state index contributed by atoms with van der Waals surface area (Å²) >= 11 is 0.